The molecule has 104 valence electrons. The van der Waals surface area contributed by atoms with Gasteiger partial charge in [0, 0.05) is 0 Å². The smallest absolute Gasteiger partial charge is 0.138 e. The molecule has 0 N–H and O–H groups in total. The normalized spacial score (nSPS) is 11.3. The monoisotopic (exact) mass is 262 g/mol. The minimum Gasteiger partial charge on any atom is -0.309 e. The van der Waals surface area contributed by atoms with Crippen molar-refractivity contribution in [2.75, 3.05) is 33.5 Å². The molecular weight excluding hydrogens is 230 g/mol. The van der Waals surface area contributed by atoms with Crippen LogP contribution in [0.25, 0.3) is 0 Å². The van der Waals surface area contributed by atoms with E-state index in [0.717, 1.165) is 12.0 Å². The zero-order chi connectivity index (χ0) is 12.8. The Balaban J connectivity index is 2.89. The average Bonchev–Trinajstić information content (AvgIpc) is 2.30. The molecular formula is C14H32NOS+. The Labute approximate surface area is 113 Å². The molecule has 0 fully saturated rings. The molecule has 0 aliphatic carbocycles. The predicted molar refractivity (Wildman–Crippen MR) is 80.7 cm³/mol. The Morgan fingerprint density at radius 1 is 0.765 bits per heavy atom. The zero-order valence-electron chi connectivity index (χ0n) is 12.1. The third kappa shape index (κ3) is 16.3. The number of nitrogens with zero attached hydrogens (tertiary/aromatic N) is 1. The average molecular weight is 262 g/mol. The maximum Gasteiger partial charge on any atom is 0.138 e. The van der Waals surface area contributed by atoms with E-state index >= 15 is 0 Å². The van der Waals surface area contributed by atoms with Gasteiger partial charge in [-0.1, -0.05) is 38.5 Å². The van der Waals surface area contributed by atoms with E-state index in [1.54, 1.807) is 7.11 Å². The van der Waals surface area contributed by atoms with Crippen molar-refractivity contribution < 1.29 is 4.18 Å². The van der Waals surface area contributed by atoms with Crippen LogP contribution in [0.1, 0.15) is 57.8 Å². The van der Waals surface area contributed by atoms with Crippen molar-refractivity contribution in [1.29, 1.82) is 0 Å². The number of hydrogen-bond acceptors (Lipinski definition) is 2. The van der Waals surface area contributed by atoms with Gasteiger partial charge in [-0.25, -0.2) is 0 Å². The summed E-state index contributed by atoms with van der Waals surface area (Å²) >= 11 is 1.15. The maximum absolute atomic E-state index is 5.01. The lowest BCUT2D eigenvalue weighted by molar-refractivity contribution is 0.389. The summed E-state index contributed by atoms with van der Waals surface area (Å²) in [5.74, 6) is 1.21. The van der Waals surface area contributed by atoms with Crippen LogP contribution in [-0.4, -0.2) is 38.4 Å². The molecule has 0 bridgehead atoms. The molecule has 0 aliphatic heterocycles. The summed E-state index contributed by atoms with van der Waals surface area (Å²) in [6.45, 7) is 1.25. The van der Waals surface area contributed by atoms with Gasteiger partial charge in [0.1, 0.15) is 17.8 Å². The van der Waals surface area contributed by atoms with Crippen LogP contribution >= 0.6 is 0 Å². The Morgan fingerprint density at radius 3 is 1.71 bits per heavy atom. The van der Waals surface area contributed by atoms with Crippen LogP contribution in [0.3, 0.4) is 0 Å². The van der Waals surface area contributed by atoms with Crippen LogP contribution in [-0.2, 0) is 16.2 Å². The predicted octanol–water partition coefficient (Wildman–Crippen LogP) is 3.44. The van der Waals surface area contributed by atoms with Gasteiger partial charge in [-0.2, -0.15) is 4.18 Å². The minimum atomic E-state index is 1.15. The fourth-order valence-corrected chi connectivity index (χ4v) is 2.47. The molecule has 0 aromatic heterocycles. The molecule has 0 saturated heterocycles. The maximum atomic E-state index is 5.01. The molecule has 0 aromatic carbocycles. The lowest BCUT2D eigenvalue weighted by Crippen LogP contribution is -2.12. The molecule has 3 heteroatoms. The molecule has 0 heterocycles. The van der Waals surface area contributed by atoms with Crippen LogP contribution in [0.4, 0.5) is 0 Å². The molecule has 0 amide bonds. The Kier molecular flexibility index (Phi) is 14.6. The molecule has 0 rings (SSSR count). The molecule has 2 nitrogen and oxygen atoms in total. The van der Waals surface area contributed by atoms with Crippen LogP contribution in [0.5, 0.6) is 0 Å². The van der Waals surface area contributed by atoms with Crippen LogP contribution in [0.15, 0.2) is 0 Å². The molecule has 0 saturated carbocycles. The molecule has 0 aliphatic rings. The first-order valence-electron chi connectivity index (χ1n) is 7.12. The second-order valence-corrected chi connectivity index (χ2v) is 6.09. The highest BCUT2D eigenvalue weighted by molar-refractivity contribution is 7.73. The first-order valence-corrected chi connectivity index (χ1v) is 8.12. The lowest BCUT2D eigenvalue weighted by Gasteiger charge is -2.08. The van der Waals surface area contributed by atoms with Crippen LogP contribution in [0.2, 0.25) is 0 Å². The van der Waals surface area contributed by atoms with Crippen molar-refractivity contribution in [1.82, 2.24) is 4.90 Å². The van der Waals surface area contributed by atoms with Crippen molar-refractivity contribution in [3.63, 3.8) is 0 Å². The van der Waals surface area contributed by atoms with Crippen molar-refractivity contribution in [3.8, 4) is 0 Å². The van der Waals surface area contributed by atoms with E-state index in [9.17, 15) is 0 Å². The second kappa shape index (κ2) is 14.3. The molecule has 0 atom stereocenters. The van der Waals surface area contributed by atoms with E-state index in [4.69, 9.17) is 4.18 Å². The number of rotatable bonds is 13. The van der Waals surface area contributed by atoms with Crippen molar-refractivity contribution in [2.24, 2.45) is 0 Å². The van der Waals surface area contributed by atoms with Gasteiger partial charge in [0.25, 0.3) is 0 Å². The van der Waals surface area contributed by atoms with Crippen molar-refractivity contribution in [3.05, 3.63) is 0 Å². The lowest BCUT2D eigenvalue weighted by atomic mass is 10.1. The van der Waals surface area contributed by atoms with Crippen molar-refractivity contribution >= 4 is 12.0 Å². The zero-order valence-corrected chi connectivity index (χ0v) is 13.0. The van der Waals surface area contributed by atoms with E-state index in [0.29, 0.717) is 0 Å². The Morgan fingerprint density at radius 2 is 1.24 bits per heavy atom. The number of thiol groups is 1. The summed E-state index contributed by atoms with van der Waals surface area (Å²) in [5.41, 5.74) is 0. The quantitative estimate of drug-likeness (QED) is 0.286. The third-order valence-corrected chi connectivity index (χ3v) is 3.74. The summed E-state index contributed by atoms with van der Waals surface area (Å²) < 4.78 is 5.01. The van der Waals surface area contributed by atoms with Gasteiger partial charge in [-0.15, -0.1) is 0 Å². The highest BCUT2D eigenvalue weighted by atomic mass is 32.2. The van der Waals surface area contributed by atoms with E-state index in [-0.39, 0.29) is 0 Å². The van der Waals surface area contributed by atoms with Crippen LogP contribution < -0.4 is 0 Å². The van der Waals surface area contributed by atoms with E-state index in [1.165, 1.54) is 70.1 Å². The van der Waals surface area contributed by atoms with E-state index in [2.05, 4.69) is 19.0 Å². The topological polar surface area (TPSA) is 12.5 Å². The fourth-order valence-electron chi connectivity index (χ4n) is 1.93. The summed E-state index contributed by atoms with van der Waals surface area (Å²) in [6.07, 6.45) is 12.6. The highest BCUT2D eigenvalue weighted by Gasteiger charge is 1.96. The fraction of sp³-hybridized carbons (Fsp3) is 1.00. The van der Waals surface area contributed by atoms with Gasteiger partial charge in [0.2, 0.25) is 0 Å². The minimum absolute atomic E-state index is 1.15. The first kappa shape index (κ1) is 17.3. The van der Waals surface area contributed by atoms with Gasteiger partial charge in [-0.05, 0) is 39.9 Å². The van der Waals surface area contributed by atoms with Crippen molar-refractivity contribution in [2.45, 2.75) is 57.8 Å². The summed E-state index contributed by atoms with van der Waals surface area (Å²) in [7, 11) is 6.09. The second-order valence-electron chi connectivity index (χ2n) is 5.02. The highest BCUT2D eigenvalue weighted by Crippen LogP contribution is 2.09. The summed E-state index contributed by atoms with van der Waals surface area (Å²) in [6, 6.07) is 0. The van der Waals surface area contributed by atoms with Gasteiger partial charge in [0.15, 0.2) is 0 Å². The molecule has 0 unspecified atom stereocenters. The molecule has 0 aromatic rings. The Hall–Kier alpha value is 0.270. The standard InChI is InChI=1S/C14H31NOS/c1-15(2)13-11-9-7-5-4-6-8-10-12-14-17-16-3/h4-14H2,1-3H3/p+1. The van der Waals surface area contributed by atoms with E-state index < -0.39 is 0 Å². The summed E-state index contributed by atoms with van der Waals surface area (Å²) in [5, 5.41) is 0. The van der Waals surface area contributed by atoms with Gasteiger partial charge in [0.05, 0.1) is 7.11 Å². The number of hydrogen-bond donors (Lipinski definition) is 0. The van der Waals surface area contributed by atoms with Gasteiger partial charge in [-0.3, -0.25) is 0 Å². The van der Waals surface area contributed by atoms with Gasteiger partial charge < -0.3 is 4.90 Å². The third-order valence-electron chi connectivity index (χ3n) is 2.98. The van der Waals surface area contributed by atoms with E-state index in [1.807, 2.05) is 0 Å². The SMILES string of the molecule is CO[SH+]CCCCCCCCCCCN(C)C. The largest absolute Gasteiger partial charge is 0.309 e. The summed E-state index contributed by atoms with van der Waals surface area (Å²) in [4.78, 5) is 2.28. The molecule has 0 radical (unpaired) electrons. The Bertz CT molecular complexity index is 142. The number of unbranched alkanes of at least 4 members (excludes halogenated alkanes) is 8. The molecule has 17 heavy (non-hydrogen) atoms. The van der Waals surface area contributed by atoms with Gasteiger partial charge >= 0.3 is 0 Å². The molecule has 0 spiro atoms. The first-order chi connectivity index (χ1) is 8.27. The van der Waals surface area contributed by atoms with Crippen LogP contribution in [0, 0.1) is 0 Å².